The molecule has 0 unspecified atom stereocenters. The van der Waals surface area contributed by atoms with Crippen molar-refractivity contribution >= 4 is 11.0 Å². The summed E-state index contributed by atoms with van der Waals surface area (Å²) in [6.45, 7) is 2.38. The van der Waals surface area contributed by atoms with E-state index < -0.39 is 0 Å². The number of phenols is 1. The zero-order chi connectivity index (χ0) is 13.2. The van der Waals surface area contributed by atoms with Crippen LogP contribution in [-0.2, 0) is 6.61 Å². The van der Waals surface area contributed by atoms with E-state index in [1.54, 1.807) is 18.2 Å². The highest BCUT2D eigenvalue weighted by molar-refractivity contribution is 5.79. The Morgan fingerprint density at radius 1 is 1.11 bits per heavy atom. The van der Waals surface area contributed by atoms with Crippen LogP contribution in [0.25, 0.3) is 11.0 Å². The summed E-state index contributed by atoms with van der Waals surface area (Å²) < 4.78 is 11.4. The molecule has 1 heterocycles. The fourth-order valence-electron chi connectivity index (χ4n) is 2.02. The van der Waals surface area contributed by atoms with E-state index >= 15 is 0 Å². The number of hydrogen-bond acceptors (Lipinski definition) is 3. The van der Waals surface area contributed by atoms with Crippen molar-refractivity contribution in [2.45, 2.75) is 13.5 Å². The molecule has 3 nitrogen and oxygen atoms in total. The average molecular weight is 254 g/mol. The first-order chi connectivity index (χ1) is 9.22. The predicted molar refractivity (Wildman–Crippen MR) is 73.4 cm³/mol. The highest BCUT2D eigenvalue weighted by Gasteiger charge is 2.06. The van der Waals surface area contributed by atoms with Gasteiger partial charge < -0.3 is 14.3 Å². The molecule has 0 saturated carbocycles. The molecule has 0 amide bonds. The summed E-state index contributed by atoms with van der Waals surface area (Å²) >= 11 is 0. The van der Waals surface area contributed by atoms with Crippen LogP contribution in [-0.4, -0.2) is 5.11 Å². The van der Waals surface area contributed by atoms with Crippen LogP contribution >= 0.6 is 0 Å². The summed E-state index contributed by atoms with van der Waals surface area (Å²) in [6, 6.07) is 14.8. The second-order valence-electron chi connectivity index (χ2n) is 4.49. The quantitative estimate of drug-likeness (QED) is 0.767. The minimum atomic E-state index is 0.236. The van der Waals surface area contributed by atoms with Crippen molar-refractivity contribution in [3.05, 3.63) is 59.9 Å². The Hall–Kier alpha value is -2.42. The van der Waals surface area contributed by atoms with Crippen molar-refractivity contribution in [3.63, 3.8) is 0 Å². The van der Waals surface area contributed by atoms with E-state index in [0.29, 0.717) is 6.61 Å². The third-order valence-electron chi connectivity index (χ3n) is 3.01. The lowest BCUT2D eigenvalue weighted by molar-refractivity contribution is 0.273. The molecule has 0 atom stereocenters. The highest BCUT2D eigenvalue weighted by Crippen LogP contribution is 2.25. The summed E-state index contributed by atoms with van der Waals surface area (Å²) in [7, 11) is 0. The highest BCUT2D eigenvalue weighted by atomic mass is 16.5. The van der Waals surface area contributed by atoms with Crippen LogP contribution in [0.15, 0.2) is 52.9 Å². The Morgan fingerprint density at radius 2 is 1.95 bits per heavy atom. The van der Waals surface area contributed by atoms with Crippen molar-refractivity contribution in [1.82, 2.24) is 0 Å². The summed E-state index contributed by atoms with van der Waals surface area (Å²) in [5.41, 5.74) is 1.84. The number of hydrogen-bond donors (Lipinski definition) is 1. The molecule has 1 N–H and O–H groups in total. The molecule has 19 heavy (non-hydrogen) atoms. The summed E-state index contributed by atoms with van der Waals surface area (Å²) in [4.78, 5) is 0. The lowest BCUT2D eigenvalue weighted by atomic mass is 10.2. The fraction of sp³-hybridized carbons (Fsp3) is 0.125. The second-order valence-corrected chi connectivity index (χ2v) is 4.49. The maximum absolute atomic E-state index is 9.41. The van der Waals surface area contributed by atoms with Gasteiger partial charge in [-0.15, -0.1) is 0 Å². The van der Waals surface area contributed by atoms with E-state index in [-0.39, 0.29) is 5.75 Å². The lowest BCUT2D eigenvalue weighted by Gasteiger charge is -2.06. The molecule has 3 rings (SSSR count). The summed E-state index contributed by atoms with van der Waals surface area (Å²) in [6.07, 6.45) is 0. The fourth-order valence-corrected chi connectivity index (χ4v) is 2.02. The molecule has 0 bridgehead atoms. The molecule has 0 aliphatic heterocycles. The van der Waals surface area contributed by atoms with Crippen LogP contribution in [0.3, 0.4) is 0 Å². The molecule has 96 valence electrons. The number of furan rings is 1. The van der Waals surface area contributed by atoms with Crippen LogP contribution in [0.1, 0.15) is 11.3 Å². The normalized spacial score (nSPS) is 10.8. The van der Waals surface area contributed by atoms with Gasteiger partial charge >= 0.3 is 0 Å². The smallest absolute Gasteiger partial charge is 0.146 e. The minimum absolute atomic E-state index is 0.236. The number of rotatable bonds is 3. The Morgan fingerprint density at radius 3 is 2.79 bits per heavy atom. The maximum Gasteiger partial charge on any atom is 0.146 e. The molecule has 0 fully saturated rings. The number of benzene rings is 2. The Kier molecular flexibility index (Phi) is 2.88. The lowest BCUT2D eigenvalue weighted by Crippen LogP contribution is -1.95. The largest absolute Gasteiger partial charge is 0.508 e. The van der Waals surface area contributed by atoms with Gasteiger partial charge in [-0.3, -0.25) is 0 Å². The van der Waals surface area contributed by atoms with E-state index in [2.05, 4.69) is 0 Å². The molecule has 0 aliphatic carbocycles. The van der Waals surface area contributed by atoms with Gasteiger partial charge in [0.1, 0.15) is 29.4 Å². The van der Waals surface area contributed by atoms with Crippen molar-refractivity contribution in [2.75, 3.05) is 0 Å². The number of aromatic hydroxyl groups is 1. The molecule has 0 spiro atoms. The van der Waals surface area contributed by atoms with Gasteiger partial charge in [0.2, 0.25) is 0 Å². The van der Waals surface area contributed by atoms with E-state index in [1.807, 2.05) is 37.3 Å². The molecule has 1 aromatic heterocycles. The first kappa shape index (κ1) is 11.7. The van der Waals surface area contributed by atoms with Crippen LogP contribution < -0.4 is 4.74 Å². The van der Waals surface area contributed by atoms with Gasteiger partial charge in [0.05, 0.1) is 0 Å². The van der Waals surface area contributed by atoms with E-state index in [1.165, 1.54) is 0 Å². The molecular formula is C16H14O3. The van der Waals surface area contributed by atoms with Gasteiger partial charge in [-0.25, -0.2) is 0 Å². The van der Waals surface area contributed by atoms with E-state index in [9.17, 15) is 5.11 Å². The molecular weight excluding hydrogens is 240 g/mol. The SMILES string of the molecule is Cc1ccccc1OCc1cc2cc(O)ccc2o1. The van der Waals surface area contributed by atoms with Gasteiger partial charge in [0.15, 0.2) is 0 Å². The van der Waals surface area contributed by atoms with Crippen molar-refractivity contribution in [3.8, 4) is 11.5 Å². The number of phenolic OH excluding ortho intramolecular Hbond substituents is 1. The molecule has 0 aliphatic rings. The van der Waals surface area contributed by atoms with Crippen molar-refractivity contribution < 1.29 is 14.3 Å². The first-order valence-electron chi connectivity index (χ1n) is 6.12. The van der Waals surface area contributed by atoms with Gasteiger partial charge in [-0.2, -0.15) is 0 Å². The summed E-state index contributed by atoms with van der Waals surface area (Å²) in [5, 5.41) is 10.3. The number of aryl methyl sites for hydroxylation is 1. The zero-order valence-electron chi connectivity index (χ0n) is 10.6. The van der Waals surface area contributed by atoms with E-state index in [0.717, 1.165) is 28.0 Å². The maximum atomic E-state index is 9.41. The zero-order valence-corrected chi connectivity index (χ0v) is 10.6. The molecule has 0 radical (unpaired) electrons. The minimum Gasteiger partial charge on any atom is -0.508 e. The van der Waals surface area contributed by atoms with Gasteiger partial charge in [0.25, 0.3) is 0 Å². The Labute approximate surface area is 111 Å². The monoisotopic (exact) mass is 254 g/mol. The average Bonchev–Trinajstić information content (AvgIpc) is 2.79. The number of fused-ring (bicyclic) bond motifs is 1. The topological polar surface area (TPSA) is 42.6 Å². The van der Waals surface area contributed by atoms with Crippen LogP contribution in [0, 0.1) is 6.92 Å². The van der Waals surface area contributed by atoms with E-state index in [4.69, 9.17) is 9.15 Å². The second kappa shape index (κ2) is 4.69. The molecule has 2 aromatic carbocycles. The van der Waals surface area contributed by atoms with Gasteiger partial charge in [-0.1, -0.05) is 18.2 Å². The third kappa shape index (κ3) is 2.40. The number of para-hydroxylation sites is 1. The number of ether oxygens (including phenoxy) is 1. The summed E-state index contributed by atoms with van der Waals surface area (Å²) in [5.74, 6) is 1.83. The van der Waals surface area contributed by atoms with Crippen molar-refractivity contribution in [1.29, 1.82) is 0 Å². The van der Waals surface area contributed by atoms with Gasteiger partial charge in [0, 0.05) is 5.39 Å². The van der Waals surface area contributed by atoms with Crippen LogP contribution in [0.2, 0.25) is 0 Å². The molecule has 0 saturated heterocycles. The standard InChI is InChI=1S/C16H14O3/c1-11-4-2-3-5-15(11)18-10-14-9-12-8-13(17)6-7-16(12)19-14/h2-9,17H,10H2,1H3. The van der Waals surface area contributed by atoms with Gasteiger partial charge in [-0.05, 0) is 42.8 Å². The molecule has 3 aromatic rings. The van der Waals surface area contributed by atoms with Crippen molar-refractivity contribution in [2.24, 2.45) is 0 Å². The third-order valence-corrected chi connectivity index (χ3v) is 3.01. The Bertz CT molecular complexity index is 713. The van der Waals surface area contributed by atoms with Crippen LogP contribution in [0.5, 0.6) is 11.5 Å². The molecule has 3 heteroatoms. The predicted octanol–water partition coefficient (Wildman–Crippen LogP) is 4.03. The van der Waals surface area contributed by atoms with Crippen LogP contribution in [0.4, 0.5) is 0 Å². The Balaban J connectivity index is 1.80. The first-order valence-corrected chi connectivity index (χ1v) is 6.12.